The van der Waals surface area contributed by atoms with Crippen molar-refractivity contribution in [2.75, 3.05) is 18.0 Å². The number of nitrogens with zero attached hydrogens (tertiary/aromatic N) is 1. The van der Waals surface area contributed by atoms with E-state index in [4.69, 9.17) is 0 Å². The normalized spacial score (nSPS) is 24.6. The first-order chi connectivity index (χ1) is 14.0. The first kappa shape index (κ1) is 21.3. The van der Waals surface area contributed by atoms with Crippen LogP contribution in [0.3, 0.4) is 0 Å². The zero-order chi connectivity index (χ0) is 21.0. The number of amides is 2. The molecule has 3 atom stereocenters. The Morgan fingerprint density at radius 1 is 1.14 bits per heavy atom. The van der Waals surface area contributed by atoms with Crippen LogP contribution in [0.1, 0.15) is 57.1 Å². The average molecular weight is 401 g/mol. The van der Waals surface area contributed by atoms with E-state index in [0.29, 0.717) is 19.5 Å². The van der Waals surface area contributed by atoms with Crippen LogP contribution in [0.15, 0.2) is 18.2 Å². The number of aliphatic carboxylic acids is 1. The molecule has 1 unspecified atom stereocenters. The summed E-state index contributed by atoms with van der Waals surface area (Å²) in [6, 6.07) is 6.11. The highest BCUT2D eigenvalue weighted by Gasteiger charge is 2.37. The molecule has 2 fully saturated rings. The van der Waals surface area contributed by atoms with Crippen LogP contribution >= 0.6 is 0 Å². The molecule has 0 radical (unpaired) electrons. The largest absolute Gasteiger partial charge is 0.481 e. The number of benzene rings is 1. The number of nitrogens with one attached hydrogen (secondary N) is 1. The van der Waals surface area contributed by atoms with Gasteiger partial charge in [-0.1, -0.05) is 44.9 Å². The molecule has 1 saturated heterocycles. The third-order valence-electron chi connectivity index (χ3n) is 6.50. The molecule has 29 heavy (non-hydrogen) atoms. The monoisotopic (exact) mass is 400 g/mol. The second-order valence-corrected chi connectivity index (χ2v) is 8.27. The van der Waals surface area contributed by atoms with E-state index in [2.05, 4.69) is 19.2 Å². The Kier molecular flexibility index (Phi) is 6.93. The van der Waals surface area contributed by atoms with Crippen molar-refractivity contribution in [1.82, 2.24) is 5.32 Å². The molecule has 2 amide bonds. The fourth-order valence-corrected chi connectivity index (χ4v) is 4.81. The van der Waals surface area contributed by atoms with Gasteiger partial charge in [-0.25, -0.2) is 0 Å². The number of rotatable bonds is 7. The van der Waals surface area contributed by atoms with Crippen molar-refractivity contribution in [3.05, 3.63) is 29.3 Å². The predicted octanol–water partition coefficient (Wildman–Crippen LogP) is 3.17. The summed E-state index contributed by atoms with van der Waals surface area (Å²) in [6.07, 6.45) is 5.33. The van der Waals surface area contributed by atoms with Crippen LogP contribution in [0.25, 0.3) is 0 Å². The zero-order valence-corrected chi connectivity index (χ0v) is 17.4. The summed E-state index contributed by atoms with van der Waals surface area (Å²) in [6.45, 7) is 4.92. The molecule has 0 bridgehead atoms. The zero-order valence-electron chi connectivity index (χ0n) is 17.4. The van der Waals surface area contributed by atoms with Gasteiger partial charge in [0.15, 0.2) is 0 Å². The summed E-state index contributed by atoms with van der Waals surface area (Å²) < 4.78 is 0. The van der Waals surface area contributed by atoms with E-state index in [9.17, 15) is 19.5 Å². The van der Waals surface area contributed by atoms with Gasteiger partial charge in [0.25, 0.3) is 0 Å². The number of hydrogen-bond donors (Lipinski definition) is 2. The van der Waals surface area contributed by atoms with Crippen molar-refractivity contribution in [3.8, 4) is 0 Å². The maximum absolute atomic E-state index is 12.8. The maximum Gasteiger partial charge on any atom is 0.306 e. The lowest BCUT2D eigenvalue weighted by molar-refractivity contribution is -0.145. The molecule has 0 aromatic heterocycles. The molecule has 2 aliphatic rings. The SMILES string of the molecule is CCc1cccc(CC)c1N1CC(C(=O)NC[C@@H]2CCCC[C@@H]2C(=O)O)CC1=O. The van der Waals surface area contributed by atoms with Gasteiger partial charge in [0, 0.05) is 25.2 Å². The number of aryl methyl sites for hydroxylation is 2. The number of carbonyl (C=O) groups excluding carboxylic acids is 2. The second kappa shape index (κ2) is 9.42. The van der Waals surface area contributed by atoms with Crippen molar-refractivity contribution in [2.45, 2.75) is 58.8 Å². The third-order valence-corrected chi connectivity index (χ3v) is 6.50. The minimum Gasteiger partial charge on any atom is -0.481 e. The molecule has 1 heterocycles. The van der Waals surface area contributed by atoms with Gasteiger partial charge in [-0.05, 0) is 42.7 Å². The van der Waals surface area contributed by atoms with Crippen LogP contribution < -0.4 is 10.2 Å². The Hall–Kier alpha value is -2.37. The summed E-state index contributed by atoms with van der Waals surface area (Å²) in [4.78, 5) is 38.7. The minimum absolute atomic E-state index is 0.0122. The molecule has 0 spiro atoms. The van der Waals surface area contributed by atoms with Crippen LogP contribution in [-0.2, 0) is 27.2 Å². The predicted molar refractivity (Wildman–Crippen MR) is 112 cm³/mol. The lowest BCUT2D eigenvalue weighted by Gasteiger charge is -2.29. The lowest BCUT2D eigenvalue weighted by atomic mass is 9.79. The Balaban J connectivity index is 1.66. The highest BCUT2D eigenvalue weighted by atomic mass is 16.4. The molecule has 6 heteroatoms. The molecular formula is C23H32N2O4. The maximum atomic E-state index is 12.8. The number of carbonyl (C=O) groups is 3. The first-order valence-electron chi connectivity index (χ1n) is 10.9. The van der Waals surface area contributed by atoms with Crippen molar-refractivity contribution in [1.29, 1.82) is 0 Å². The van der Waals surface area contributed by atoms with Gasteiger partial charge in [0.1, 0.15) is 0 Å². The second-order valence-electron chi connectivity index (χ2n) is 8.27. The van der Waals surface area contributed by atoms with Gasteiger partial charge in [-0.15, -0.1) is 0 Å². The van der Waals surface area contributed by atoms with Crippen molar-refractivity contribution >= 4 is 23.5 Å². The van der Waals surface area contributed by atoms with Crippen LogP contribution in [-0.4, -0.2) is 36.0 Å². The van der Waals surface area contributed by atoms with Crippen molar-refractivity contribution in [3.63, 3.8) is 0 Å². The molecule has 3 rings (SSSR count). The molecule has 2 N–H and O–H groups in total. The van der Waals surface area contributed by atoms with Crippen molar-refractivity contribution in [2.24, 2.45) is 17.8 Å². The lowest BCUT2D eigenvalue weighted by Crippen LogP contribution is -2.40. The summed E-state index contributed by atoms with van der Waals surface area (Å²) >= 11 is 0. The van der Waals surface area contributed by atoms with Crippen LogP contribution in [0.2, 0.25) is 0 Å². The van der Waals surface area contributed by atoms with E-state index >= 15 is 0 Å². The number of carboxylic acid groups (broad SMARTS) is 1. The highest BCUT2D eigenvalue weighted by molar-refractivity contribution is 6.01. The fourth-order valence-electron chi connectivity index (χ4n) is 4.81. The van der Waals surface area contributed by atoms with E-state index in [-0.39, 0.29) is 36.0 Å². The minimum atomic E-state index is -0.769. The summed E-state index contributed by atoms with van der Waals surface area (Å²) in [7, 11) is 0. The molecule has 1 aliphatic carbocycles. The standard InChI is InChI=1S/C23H32N2O4/c1-3-15-9-7-10-16(4-2)21(15)25-14-18(12-20(25)26)22(27)24-13-17-8-5-6-11-19(17)23(28)29/h7,9-10,17-19H,3-6,8,11-14H2,1-2H3,(H,24,27)(H,28,29)/t17-,18?,19-/m0/s1. The first-order valence-corrected chi connectivity index (χ1v) is 10.9. The van der Waals surface area contributed by atoms with Gasteiger partial charge < -0.3 is 15.3 Å². The highest BCUT2D eigenvalue weighted by Crippen LogP contribution is 2.33. The molecule has 1 aromatic carbocycles. The van der Waals surface area contributed by atoms with E-state index in [1.165, 1.54) is 0 Å². The van der Waals surface area contributed by atoms with E-state index in [1.54, 1.807) is 4.90 Å². The van der Waals surface area contributed by atoms with E-state index in [0.717, 1.165) is 48.9 Å². The average Bonchev–Trinajstić information content (AvgIpc) is 3.12. The van der Waals surface area contributed by atoms with Gasteiger partial charge >= 0.3 is 5.97 Å². The summed E-state index contributed by atoms with van der Waals surface area (Å²) in [5.41, 5.74) is 3.23. The molecular weight excluding hydrogens is 368 g/mol. The number of anilines is 1. The van der Waals surface area contributed by atoms with E-state index in [1.807, 2.05) is 18.2 Å². The van der Waals surface area contributed by atoms with Gasteiger partial charge in [-0.2, -0.15) is 0 Å². The molecule has 1 aliphatic heterocycles. The number of hydrogen-bond acceptors (Lipinski definition) is 3. The quantitative estimate of drug-likeness (QED) is 0.736. The molecule has 1 saturated carbocycles. The Morgan fingerprint density at radius 3 is 2.41 bits per heavy atom. The van der Waals surface area contributed by atoms with Crippen LogP contribution in [0.5, 0.6) is 0 Å². The molecule has 6 nitrogen and oxygen atoms in total. The topological polar surface area (TPSA) is 86.7 Å². The Labute approximate surface area is 172 Å². The van der Waals surface area contributed by atoms with Crippen LogP contribution in [0, 0.1) is 17.8 Å². The van der Waals surface area contributed by atoms with E-state index < -0.39 is 5.97 Å². The fraction of sp³-hybridized carbons (Fsp3) is 0.609. The number of para-hydroxylation sites is 1. The van der Waals surface area contributed by atoms with Gasteiger partial charge in [-0.3, -0.25) is 14.4 Å². The van der Waals surface area contributed by atoms with Gasteiger partial charge in [0.2, 0.25) is 11.8 Å². The number of carboxylic acids is 1. The summed E-state index contributed by atoms with van der Waals surface area (Å²) in [5.74, 6) is -1.71. The Bertz CT molecular complexity index is 754. The smallest absolute Gasteiger partial charge is 0.306 e. The molecule has 158 valence electrons. The third kappa shape index (κ3) is 4.62. The summed E-state index contributed by atoms with van der Waals surface area (Å²) in [5, 5.41) is 12.4. The molecule has 1 aromatic rings. The van der Waals surface area contributed by atoms with Gasteiger partial charge in [0.05, 0.1) is 11.8 Å². The van der Waals surface area contributed by atoms with Crippen LogP contribution in [0.4, 0.5) is 5.69 Å². The van der Waals surface area contributed by atoms with Crippen molar-refractivity contribution < 1.29 is 19.5 Å². The Morgan fingerprint density at radius 2 is 1.79 bits per heavy atom.